The summed E-state index contributed by atoms with van der Waals surface area (Å²) in [6, 6.07) is 4.40. The van der Waals surface area contributed by atoms with Gasteiger partial charge in [0.2, 0.25) is 0 Å². The largest absolute Gasteiger partial charge is 0.491 e. The highest BCUT2D eigenvalue weighted by Crippen LogP contribution is 2.23. The molecule has 0 radical (unpaired) electrons. The van der Waals surface area contributed by atoms with Gasteiger partial charge in [-0.2, -0.15) is 0 Å². The molecule has 104 valence electrons. The van der Waals surface area contributed by atoms with E-state index < -0.39 is 0 Å². The van der Waals surface area contributed by atoms with Crippen molar-refractivity contribution in [3.8, 4) is 5.75 Å². The number of rotatable bonds is 2. The molecule has 0 spiro atoms. The van der Waals surface area contributed by atoms with Crippen molar-refractivity contribution in [1.29, 1.82) is 0 Å². The summed E-state index contributed by atoms with van der Waals surface area (Å²) in [7, 11) is 0. The number of carbonyl (C=O) groups excluding carboxylic acids is 1. The standard InChI is InChI=1S/C14H19FN2O2/c1-3-10(2)16-14(18)17-6-7-19-13-5-4-12(15)8-11(13)9-17/h4-5,8,10H,3,6-7,9H2,1-2H3,(H,16,18)/t10-/m1/s1. The van der Waals surface area contributed by atoms with Gasteiger partial charge in [-0.25, -0.2) is 9.18 Å². The van der Waals surface area contributed by atoms with Gasteiger partial charge in [-0.05, 0) is 31.5 Å². The van der Waals surface area contributed by atoms with Crippen molar-refractivity contribution < 1.29 is 13.9 Å². The lowest BCUT2D eigenvalue weighted by Gasteiger charge is -2.22. The summed E-state index contributed by atoms with van der Waals surface area (Å²) in [5.41, 5.74) is 0.705. The summed E-state index contributed by atoms with van der Waals surface area (Å²) in [4.78, 5) is 13.7. The first kappa shape index (κ1) is 13.6. The van der Waals surface area contributed by atoms with Gasteiger partial charge in [-0.15, -0.1) is 0 Å². The van der Waals surface area contributed by atoms with Gasteiger partial charge in [0.15, 0.2) is 0 Å². The second kappa shape index (κ2) is 5.91. The Hall–Kier alpha value is -1.78. The predicted octanol–water partition coefficient (Wildman–Crippen LogP) is 2.53. The lowest BCUT2D eigenvalue weighted by Crippen LogP contribution is -2.44. The molecule has 1 atom stereocenters. The monoisotopic (exact) mass is 266 g/mol. The number of hydrogen-bond acceptors (Lipinski definition) is 2. The lowest BCUT2D eigenvalue weighted by molar-refractivity contribution is 0.184. The maximum atomic E-state index is 13.2. The molecule has 4 nitrogen and oxygen atoms in total. The van der Waals surface area contributed by atoms with Crippen LogP contribution in [0, 0.1) is 5.82 Å². The Kier molecular flexibility index (Phi) is 4.24. The lowest BCUT2D eigenvalue weighted by atomic mass is 10.2. The van der Waals surface area contributed by atoms with Crippen LogP contribution >= 0.6 is 0 Å². The van der Waals surface area contributed by atoms with Crippen LogP contribution in [0.2, 0.25) is 0 Å². The Balaban J connectivity index is 2.10. The first-order chi connectivity index (χ1) is 9.10. The van der Waals surface area contributed by atoms with Gasteiger partial charge in [-0.3, -0.25) is 0 Å². The number of urea groups is 1. The fourth-order valence-electron chi connectivity index (χ4n) is 1.94. The molecule has 1 aromatic rings. The molecule has 1 aliphatic heterocycles. The molecule has 0 bridgehead atoms. The van der Waals surface area contributed by atoms with Gasteiger partial charge in [0, 0.05) is 11.6 Å². The molecule has 1 heterocycles. The molecule has 1 aromatic carbocycles. The molecule has 0 fully saturated rings. The van der Waals surface area contributed by atoms with E-state index in [0.717, 1.165) is 6.42 Å². The molecule has 19 heavy (non-hydrogen) atoms. The molecule has 1 aliphatic rings. The topological polar surface area (TPSA) is 41.6 Å². The third-order valence-electron chi connectivity index (χ3n) is 3.27. The Morgan fingerprint density at radius 3 is 3.11 bits per heavy atom. The second-order valence-corrected chi connectivity index (χ2v) is 4.78. The predicted molar refractivity (Wildman–Crippen MR) is 70.6 cm³/mol. The van der Waals surface area contributed by atoms with Gasteiger partial charge in [0.05, 0.1) is 13.1 Å². The minimum absolute atomic E-state index is 0.128. The number of ether oxygens (including phenoxy) is 1. The van der Waals surface area contributed by atoms with Crippen LogP contribution in [0.25, 0.3) is 0 Å². The Morgan fingerprint density at radius 2 is 2.37 bits per heavy atom. The first-order valence-electron chi connectivity index (χ1n) is 6.56. The summed E-state index contributed by atoms with van der Waals surface area (Å²) in [5.74, 6) is 0.340. The number of fused-ring (bicyclic) bond motifs is 1. The summed E-state index contributed by atoms with van der Waals surface area (Å²) in [6.45, 7) is 5.27. The van der Waals surface area contributed by atoms with Gasteiger partial charge >= 0.3 is 6.03 Å². The highest BCUT2D eigenvalue weighted by molar-refractivity contribution is 5.74. The molecule has 0 saturated carbocycles. The third-order valence-corrected chi connectivity index (χ3v) is 3.27. The van der Waals surface area contributed by atoms with Crippen molar-refractivity contribution in [2.45, 2.75) is 32.9 Å². The van der Waals surface area contributed by atoms with Crippen LogP contribution in [0.3, 0.4) is 0 Å². The smallest absolute Gasteiger partial charge is 0.318 e. The fraction of sp³-hybridized carbons (Fsp3) is 0.500. The zero-order valence-electron chi connectivity index (χ0n) is 11.3. The third kappa shape index (κ3) is 3.36. The minimum atomic E-state index is -0.313. The Bertz CT molecular complexity index is 465. The van der Waals surface area contributed by atoms with Crippen molar-refractivity contribution in [3.05, 3.63) is 29.6 Å². The van der Waals surface area contributed by atoms with Crippen molar-refractivity contribution in [1.82, 2.24) is 10.2 Å². The number of amides is 2. The zero-order chi connectivity index (χ0) is 13.8. The summed E-state index contributed by atoms with van der Waals surface area (Å²) in [6.07, 6.45) is 0.876. The summed E-state index contributed by atoms with van der Waals surface area (Å²) >= 11 is 0. The fourth-order valence-corrected chi connectivity index (χ4v) is 1.94. The number of carbonyl (C=O) groups is 1. The van der Waals surface area contributed by atoms with Crippen LogP contribution in [0.5, 0.6) is 5.75 Å². The van der Waals surface area contributed by atoms with E-state index in [0.29, 0.717) is 31.0 Å². The molecule has 0 unspecified atom stereocenters. The van der Waals surface area contributed by atoms with E-state index in [9.17, 15) is 9.18 Å². The van der Waals surface area contributed by atoms with E-state index in [4.69, 9.17) is 4.74 Å². The molecule has 0 aromatic heterocycles. The van der Waals surface area contributed by atoms with Crippen molar-refractivity contribution >= 4 is 6.03 Å². The van der Waals surface area contributed by atoms with Crippen LogP contribution < -0.4 is 10.1 Å². The van der Waals surface area contributed by atoms with Crippen LogP contribution in [0.4, 0.5) is 9.18 Å². The average Bonchev–Trinajstić information content (AvgIpc) is 2.60. The van der Waals surface area contributed by atoms with Gasteiger partial charge in [0.25, 0.3) is 0 Å². The molecule has 5 heteroatoms. The molecule has 2 rings (SSSR count). The Labute approximate surface area is 112 Å². The normalized spacial score (nSPS) is 16.1. The van der Waals surface area contributed by atoms with Gasteiger partial charge in [0.1, 0.15) is 18.2 Å². The van der Waals surface area contributed by atoms with Crippen LogP contribution in [0.1, 0.15) is 25.8 Å². The second-order valence-electron chi connectivity index (χ2n) is 4.78. The molecule has 2 amide bonds. The number of halogens is 1. The quantitative estimate of drug-likeness (QED) is 0.893. The highest BCUT2D eigenvalue weighted by Gasteiger charge is 2.20. The van der Waals surface area contributed by atoms with E-state index in [1.54, 1.807) is 11.0 Å². The van der Waals surface area contributed by atoms with Crippen molar-refractivity contribution in [2.24, 2.45) is 0 Å². The highest BCUT2D eigenvalue weighted by atomic mass is 19.1. The zero-order valence-corrected chi connectivity index (χ0v) is 11.3. The molecule has 0 aliphatic carbocycles. The van der Waals surface area contributed by atoms with Crippen LogP contribution in [0.15, 0.2) is 18.2 Å². The maximum Gasteiger partial charge on any atom is 0.318 e. The minimum Gasteiger partial charge on any atom is -0.491 e. The van der Waals surface area contributed by atoms with E-state index in [1.165, 1.54) is 12.1 Å². The number of nitrogens with zero attached hydrogens (tertiary/aromatic N) is 1. The average molecular weight is 266 g/mol. The first-order valence-corrected chi connectivity index (χ1v) is 6.56. The summed E-state index contributed by atoms with van der Waals surface area (Å²) in [5, 5.41) is 2.91. The van der Waals surface area contributed by atoms with Crippen LogP contribution in [-0.4, -0.2) is 30.1 Å². The number of hydrogen-bond donors (Lipinski definition) is 1. The SMILES string of the molecule is CC[C@@H](C)NC(=O)N1CCOc2ccc(F)cc2C1. The maximum absolute atomic E-state index is 13.2. The molecular formula is C14H19FN2O2. The van der Waals surface area contributed by atoms with E-state index >= 15 is 0 Å². The number of benzene rings is 1. The Morgan fingerprint density at radius 1 is 1.58 bits per heavy atom. The van der Waals surface area contributed by atoms with E-state index in [2.05, 4.69) is 5.32 Å². The van der Waals surface area contributed by atoms with Crippen molar-refractivity contribution in [2.75, 3.05) is 13.2 Å². The van der Waals surface area contributed by atoms with Crippen molar-refractivity contribution in [3.63, 3.8) is 0 Å². The summed E-state index contributed by atoms with van der Waals surface area (Å²) < 4.78 is 18.8. The number of nitrogens with one attached hydrogen (secondary N) is 1. The molecule has 0 saturated heterocycles. The van der Waals surface area contributed by atoms with Gasteiger partial charge < -0.3 is 15.0 Å². The van der Waals surface area contributed by atoms with Gasteiger partial charge in [-0.1, -0.05) is 6.92 Å². The van der Waals surface area contributed by atoms with E-state index in [-0.39, 0.29) is 17.9 Å². The van der Waals surface area contributed by atoms with E-state index in [1.807, 2.05) is 13.8 Å². The molecule has 1 N–H and O–H groups in total. The molecular weight excluding hydrogens is 247 g/mol. The van der Waals surface area contributed by atoms with Crippen LogP contribution in [-0.2, 0) is 6.54 Å².